The molecule has 0 unspecified atom stereocenters. The topological polar surface area (TPSA) is 130 Å². The third-order valence-corrected chi connectivity index (χ3v) is 10.1. The molecule has 0 aliphatic carbocycles. The Bertz CT molecular complexity index is 2490. The van der Waals surface area contributed by atoms with Gasteiger partial charge in [-0.25, -0.2) is 9.97 Å². The minimum atomic E-state index is -0.887. The molecule has 8 aromatic rings. The highest BCUT2D eigenvalue weighted by atomic mass is 35.5. The fourth-order valence-corrected chi connectivity index (χ4v) is 7.44. The van der Waals surface area contributed by atoms with E-state index in [1.54, 1.807) is 10.9 Å². The Hall–Kier alpha value is -6.50. The first-order valence-electron chi connectivity index (χ1n) is 16.9. The molecule has 0 spiro atoms. The molecular formula is C41H31ClN8O3S. The largest absolute Gasteiger partial charge is 0.494 e. The molecule has 4 aromatic carbocycles. The molecule has 1 N–H and O–H groups in total. The second kappa shape index (κ2) is 14.9. The van der Waals surface area contributed by atoms with Crippen LogP contribution in [0.15, 0.2) is 134 Å². The van der Waals surface area contributed by atoms with E-state index < -0.39 is 5.54 Å². The number of nitrogens with one attached hydrogen (secondary N) is 1. The third kappa shape index (κ3) is 6.64. The number of halogens is 1. The quantitative estimate of drug-likeness (QED) is 0.102. The first-order valence-corrected chi connectivity index (χ1v) is 18.1. The average Bonchev–Trinajstić information content (AvgIpc) is 3.85. The molecule has 0 bridgehead atoms. The van der Waals surface area contributed by atoms with Gasteiger partial charge in [-0.15, -0.1) is 15.0 Å². The molecule has 13 heteroatoms. The summed E-state index contributed by atoms with van der Waals surface area (Å²) in [5.74, 6) is 1.07. The number of anilines is 1. The fourth-order valence-electron chi connectivity index (χ4n) is 6.44. The molecule has 0 fully saturated rings. The summed E-state index contributed by atoms with van der Waals surface area (Å²) in [5, 5.41) is 17.5. The van der Waals surface area contributed by atoms with Gasteiger partial charge in [0.25, 0.3) is 5.91 Å². The van der Waals surface area contributed by atoms with Crippen molar-refractivity contribution in [2.45, 2.75) is 19.1 Å². The molecule has 1 amide bonds. The number of fused-ring (bicyclic) bond motifs is 1. The maximum Gasteiger partial charge on any atom is 0.259 e. The number of hydrogen-bond donors (Lipinski definition) is 1. The molecule has 8 rings (SSSR count). The number of ether oxygens (including phenoxy) is 2. The van der Waals surface area contributed by atoms with Crippen molar-refractivity contribution in [3.05, 3.63) is 173 Å². The highest BCUT2D eigenvalue weighted by molar-refractivity contribution is 7.22. The Morgan fingerprint density at radius 3 is 2.15 bits per heavy atom. The molecule has 0 aliphatic rings. The number of nitrogens with zero attached hydrogens (tertiary/aromatic N) is 7. The number of hydrogen-bond acceptors (Lipinski definition) is 10. The van der Waals surface area contributed by atoms with Crippen LogP contribution < -0.4 is 14.8 Å². The number of rotatable bonds is 11. The van der Waals surface area contributed by atoms with Gasteiger partial charge in [0, 0.05) is 29.1 Å². The van der Waals surface area contributed by atoms with Gasteiger partial charge >= 0.3 is 0 Å². The van der Waals surface area contributed by atoms with Gasteiger partial charge in [0.1, 0.15) is 16.7 Å². The molecule has 4 heterocycles. The van der Waals surface area contributed by atoms with Gasteiger partial charge in [0.05, 0.1) is 29.1 Å². The number of methoxy groups -OCH3 is 1. The molecular weight excluding hydrogens is 720 g/mol. The molecule has 11 nitrogen and oxygen atoms in total. The van der Waals surface area contributed by atoms with Crippen LogP contribution in [0.3, 0.4) is 0 Å². The summed E-state index contributed by atoms with van der Waals surface area (Å²) < 4.78 is 12.5. The summed E-state index contributed by atoms with van der Waals surface area (Å²) in [4.78, 5) is 28.4. The van der Waals surface area contributed by atoms with E-state index in [-0.39, 0.29) is 17.7 Å². The highest BCUT2D eigenvalue weighted by Crippen LogP contribution is 2.40. The van der Waals surface area contributed by atoms with Crippen LogP contribution >= 0.6 is 22.9 Å². The van der Waals surface area contributed by atoms with Crippen LogP contribution in [0.2, 0.25) is 5.15 Å². The number of carbonyl (C=O) groups is 1. The summed E-state index contributed by atoms with van der Waals surface area (Å²) in [6, 6.07) is 39.5. The third-order valence-electron chi connectivity index (χ3n) is 8.91. The van der Waals surface area contributed by atoms with E-state index in [4.69, 9.17) is 26.2 Å². The van der Waals surface area contributed by atoms with Gasteiger partial charge < -0.3 is 9.47 Å². The Morgan fingerprint density at radius 1 is 0.833 bits per heavy atom. The van der Waals surface area contributed by atoms with E-state index in [1.807, 2.05) is 85.8 Å². The number of aromatic nitrogens is 7. The van der Waals surface area contributed by atoms with Crippen molar-refractivity contribution < 1.29 is 14.3 Å². The van der Waals surface area contributed by atoms with E-state index >= 15 is 0 Å². The molecule has 4 aromatic heterocycles. The van der Waals surface area contributed by atoms with Gasteiger partial charge in [0.15, 0.2) is 17.3 Å². The molecule has 54 heavy (non-hydrogen) atoms. The molecule has 0 saturated heterocycles. The summed E-state index contributed by atoms with van der Waals surface area (Å²) in [6.07, 6.45) is 3.05. The van der Waals surface area contributed by atoms with Gasteiger partial charge in [-0.3, -0.25) is 15.1 Å². The number of thiazole rings is 1. The Balaban J connectivity index is 1.04. The van der Waals surface area contributed by atoms with Crippen LogP contribution in [0, 0.1) is 6.92 Å². The molecule has 0 radical (unpaired) electrons. The normalized spacial score (nSPS) is 11.4. The van der Waals surface area contributed by atoms with E-state index in [0.29, 0.717) is 44.7 Å². The molecule has 0 saturated carbocycles. The van der Waals surface area contributed by atoms with Gasteiger partial charge in [-0.1, -0.05) is 114 Å². The monoisotopic (exact) mass is 750 g/mol. The summed E-state index contributed by atoms with van der Waals surface area (Å²) in [6.45, 7) is 1.92. The first-order chi connectivity index (χ1) is 26.4. The minimum absolute atomic E-state index is 0.0688. The second-order valence-corrected chi connectivity index (χ2v) is 13.7. The van der Waals surface area contributed by atoms with Crippen molar-refractivity contribution in [2.24, 2.45) is 0 Å². The number of benzene rings is 4. The van der Waals surface area contributed by atoms with Crippen LogP contribution in [0.25, 0.3) is 21.3 Å². The van der Waals surface area contributed by atoms with Crippen molar-refractivity contribution in [3.8, 4) is 22.6 Å². The molecule has 0 atom stereocenters. The van der Waals surface area contributed by atoms with Crippen LogP contribution in [0.5, 0.6) is 11.5 Å². The minimum Gasteiger partial charge on any atom is -0.494 e. The summed E-state index contributed by atoms with van der Waals surface area (Å²) in [7, 11) is 1.54. The predicted molar refractivity (Wildman–Crippen MR) is 208 cm³/mol. The van der Waals surface area contributed by atoms with Crippen LogP contribution in [0.4, 0.5) is 5.13 Å². The lowest BCUT2D eigenvalue weighted by atomic mass is 9.77. The number of carbonyl (C=O) groups excluding carboxylic acids is 1. The second-order valence-electron chi connectivity index (χ2n) is 12.3. The fraction of sp³-hybridized carbons (Fsp3) is 0.0976. The van der Waals surface area contributed by atoms with E-state index in [2.05, 4.69) is 67.0 Å². The highest BCUT2D eigenvalue weighted by Gasteiger charge is 2.41. The van der Waals surface area contributed by atoms with Crippen molar-refractivity contribution in [1.29, 1.82) is 0 Å². The van der Waals surface area contributed by atoms with Gasteiger partial charge in [-0.2, -0.15) is 0 Å². The first kappa shape index (κ1) is 34.6. The summed E-state index contributed by atoms with van der Waals surface area (Å²) in [5.41, 5.74) is 5.02. The molecule has 266 valence electrons. The maximum absolute atomic E-state index is 13.6. The zero-order chi connectivity index (χ0) is 37.1. The van der Waals surface area contributed by atoms with Crippen LogP contribution in [-0.2, 0) is 12.1 Å². The van der Waals surface area contributed by atoms with Crippen molar-refractivity contribution in [1.82, 2.24) is 35.2 Å². The smallest absolute Gasteiger partial charge is 0.259 e. The van der Waals surface area contributed by atoms with Crippen molar-refractivity contribution in [2.75, 3.05) is 12.4 Å². The van der Waals surface area contributed by atoms with Crippen LogP contribution in [0.1, 0.15) is 38.6 Å². The standard InChI is InChI=1S/C41H31ClN8O3S/c1-26-20-31(32-22-37(42)44-24-35(32)52-2)33(23-43-26)39(51)46-40-45-34-21-30(18-19-36(34)54-40)53-25-38-47-49-50(48-38)41(27-12-6-3-7-13-27,28-14-8-4-9-15-28)29-16-10-5-11-17-29/h3-24H,25H2,1-2H3,(H,45,46,51). The van der Waals surface area contributed by atoms with Gasteiger partial charge in [0.2, 0.25) is 5.82 Å². The lowest BCUT2D eigenvalue weighted by molar-refractivity contribution is 0.102. The van der Waals surface area contributed by atoms with Crippen molar-refractivity contribution in [3.63, 3.8) is 0 Å². The van der Waals surface area contributed by atoms with E-state index in [9.17, 15) is 4.79 Å². The lowest BCUT2D eigenvalue weighted by Gasteiger charge is -2.34. The van der Waals surface area contributed by atoms with E-state index in [0.717, 1.165) is 27.1 Å². The van der Waals surface area contributed by atoms with Crippen molar-refractivity contribution >= 4 is 44.2 Å². The number of aryl methyl sites for hydroxylation is 1. The Labute approximate surface area is 319 Å². The van der Waals surface area contributed by atoms with Crippen LogP contribution in [-0.4, -0.2) is 48.2 Å². The van der Waals surface area contributed by atoms with E-state index in [1.165, 1.54) is 30.8 Å². The maximum atomic E-state index is 13.6. The number of tetrazole rings is 1. The number of amides is 1. The zero-order valence-corrected chi connectivity index (χ0v) is 30.6. The summed E-state index contributed by atoms with van der Waals surface area (Å²) >= 11 is 7.56. The SMILES string of the molecule is COc1cnc(Cl)cc1-c1cc(C)ncc1C(=O)Nc1nc2cc(OCc3nnn(C(c4ccccc4)(c4ccccc4)c4ccccc4)n3)ccc2s1. The predicted octanol–water partition coefficient (Wildman–Crippen LogP) is 8.38. The Kier molecular flexibility index (Phi) is 9.51. The Morgan fingerprint density at radius 2 is 1.50 bits per heavy atom. The zero-order valence-electron chi connectivity index (χ0n) is 29.1. The lowest BCUT2D eigenvalue weighted by Crippen LogP contribution is -2.39. The van der Waals surface area contributed by atoms with Gasteiger partial charge in [-0.05, 0) is 53.1 Å². The average molecular weight is 751 g/mol. The number of pyridine rings is 2. The molecule has 0 aliphatic heterocycles.